The molecule has 1 aliphatic heterocycles. The van der Waals surface area contributed by atoms with Gasteiger partial charge in [0.15, 0.2) is 0 Å². The minimum atomic E-state index is -0.00849. The maximum Gasteiger partial charge on any atom is 0.0602 e. The Morgan fingerprint density at radius 3 is 2.16 bits per heavy atom. The van der Waals surface area contributed by atoms with Gasteiger partial charge in [0.2, 0.25) is 0 Å². The zero-order valence-electron chi connectivity index (χ0n) is 18.1. The lowest BCUT2D eigenvalue weighted by atomic mass is 9.77. The van der Waals surface area contributed by atoms with E-state index in [1.807, 2.05) is 0 Å². The lowest BCUT2D eigenvalue weighted by molar-refractivity contribution is -0.119. The molecule has 0 spiro atoms. The van der Waals surface area contributed by atoms with Crippen molar-refractivity contribution in [2.75, 3.05) is 19.7 Å². The molecule has 1 unspecified atom stereocenters. The SMILES string of the molecule is C[C@@H]1C(CCOC(C)(C)C)CCN(CC2CC(OC(C)(C)C)C2)[C@@H]1C. The Labute approximate surface area is 156 Å². The Morgan fingerprint density at radius 2 is 1.60 bits per heavy atom. The minimum Gasteiger partial charge on any atom is -0.376 e. The second-order valence-electron chi connectivity index (χ2n) is 10.6. The van der Waals surface area contributed by atoms with Gasteiger partial charge in [-0.2, -0.15) is 0 Å². The van der Waals surface area contributed by atoms with Gasteiger partial charge in [-0.15, -0.1) is 0 Å². The second-order valence-corrected chi connectivity index (χ2v) is 10.6. The van der Waals surface area contributed by atoms with Crippen molar-refractivity contribution in [3.05, 3.63) is 0 Å². The topological polar surface area (TPSA) is 21.7 Å². The normalized spacial score (nSPS) is 34.8. The van der Waals surface area contributed by atoms with E-state index in [0.717, 1.165) is 24.4 Å². The van der Waals surface area contributed by atoms with Crippen LogP contribution in [0.5, 0.6) is 0 Å². The molecule has 3 atom stereocenters. The summed E-state index contributed by atoms with van der Waals surface area (Å²) in [5.74, 6) is 2.41. The minimum absolute atomic E-state index is 0.00487. The Morgan fingerprint density at radius 1 is 0.960 bits per heavy atom. The van der Waals surface area contributed by atoms with Gasteiger partial charge in [0.25, 0.3) is 0 Å². The van der Waals surface area contributed by atoms with E-state index in [1.165, 1.54) is 38.8 Å². The van der Waals surface area contributed by atoms with Crippen LogP contribution in [0.25, 0.3) is 0 Å². The van der Waals surface area contributed by atoms with E-state index in [1.54, 1.807) is 0 Å². The van der Waals surface area contributed by atoms with Gasteiger partial charge in [-0.1, -0.05) is 6.92 Å². The first-order valence-corrected chi connectivity index (χ1v) is 10.5. The lowest BCUT2D eigenvalue weighted by Crippen LogP contribution is -2.51. The third-order valence-corrected chi connectivity index (χ3v) is 6.10. The van der Waals surface area contributed by atoms with Crippen LogP contribution in [-0.4, -0.2) is 47.9 Å². The highest BCUT2D eigenvalue weighted by atomic mass is 16.5. The molecule has 0 amide bonds. The molecule has 148 valence electrons. The van der Waals surface area contributed by atoms with E-state index in [9.17, 15) is 0 Å². The summed E-state index contributed by atoms with van der Waals surface area (Å²) in [6, 6.07) is 0.691. The maximum absolute atomic E-state index is 6.10. The zero-order valence-corrected chi connectivity index (χ0v) is 18.1. The standard InChI is InChI=1S/C22H43NO2/c1-16-17(2)23(11-9-19(16)10-12-24-21(3,4)5)15-18-13-20(14-18)25-22(6,7)8/h16-20H,9-15H2,1-8H3/t16-,17+,18?,19?,20?/m0/s1. The number of likely N-dealkylation sites (tertiary alicyclic amines) is 1. The number of rotatable bonds is 6. The number of hydrogen-bond donors (Lipinski definition) is 0. The van der Waals surface area contributed by atoms with E-state index in [2.05, 4.69) is 60.3 Å². The van der Waals surface area contributed by atoms with E-state index < -0.39 is 0 Å². The molecule has 2 rings (SSSR count). The first-order chi connectivity index (χ1) is 11.4. The molecule has 3 nitrogen and oxygen atoms in total. The number of piperidine rings is 1. The largest absolute Gasteiger partial charge is 0.376 e. The van der Waals surface area contributed by atoms with Crippen LogP contribution in [0, 0.1) is 17.8 Å². The van der Waals surface area contributed by atoms with Gasteiger partial charge in [0, 0.05) is 19.2 Å². The number of ether oxygens (including phenoxy) is 2. The fourth-order valence-electron chi connectivity index (χ4n) is 4.46. The fourth-order valence-corrected chi connectivity index (χ4v) is 4.46. The van der Waals surface area contributed by atoms with Gasteiger partial charge in [0.05, 0.1) is 17.3 Å². The van der Waals surface area contributed by atoms with Crippen LogP contribution in [0.3, 0.4) is 0 Å². The summed E-state index contributed by atoms with van der Waals surface area (Å²) < 4.78 is 12.1. The van der Waals surface area contributed by atoms with Gasteiger partial charge >= 0.3 is 0 Å². The van der Waals surface area contributed by atoms with E-state index in [4.69, 9.17) is 9.47 Å². The monoisotopic (exact) mass is 353 g/mol. The molecule has 1 saturated heterocycles. The van der Waals surface area contributed by atoms with E-state index in [0.29, 0.717) is 12.1 Å². The summed E-state index contributed by atoms with van der Waals surface area (Å²) in [5.41, 5.74) is -0.00361. The van der Waals surface area contributed by atoms with Gasteiger partial charge in [0.1, 0.15) is 0 Å². The molecule has 0 aromatic heterocycles. The molecule has 3 heteroatoms. The first kappa shape index (κ1) is 21.2. The molecule has 1 aliphatic carbocycles. The third-order valence-electron chi connectivity index (χ3n) is 6.10. The van der Waals surface area contributed by atoms with E-state index >= 15 is 0 Å². The van der Waals surface area contributed by atoms with Crippen LogP contribution in [0.15, 0.2) is 0 Å². The van der Waals surface area contributed by atoms with Gasteiger partial charge in [-0.25, -0.2) is 0 Å². The van der Waals surface area contributed by atoms with Crippen LogP contribution < -0.4 is 0 Å². The molecule has 0 aromatic rings. The quantitative estimate of drug-likeness (QED) is 0.660. The average Bonchev–Trinajstić information content (AvgIpc) is 2.41. The first-order valence-electron chi connectivity index (χ1n) is 10.5. The fraction of sp³-hybridized carbons (Fsp3) is 1.00. The summed E-state index contributed by atoms with van der Waals surface area (Å²) in [4.78, 5) is 2.74. The molecule has 2 aliphatic rings. The number of hydrogen-bond acceptors (Lipinski definition) is 3. The van der Waals surface area contributed by atoms with Crippen molar-refractivity contribution in [3.8, 4) is 0 Å². The Kier molecular flexibility index (Phi) is 7.01. The molecule has 0 radical (unpaired) electrons. The average molecular weight is 354 g/mol. The van der Waals surface area contributed by atoms with Crippen molar-refractivity contribution >= 4 is 0 Å². The predicted molar refractivity (Wildman–Crippen MR) is 106 cm³/mol. The Bertz CT molecular complexity index is 403. The molecular formula is C22H43NO2. The van der Waals surface area contributed by atoms with Gasteiger partial charge < -0.3 is 14.4 Å². The second kappa shape index (κ2) is 8.27. The molecule has 2 fully saturated rings. The van der Waals surface area contributed by atoms with Crippen LogP contribution in [0.4, 0.5) is 0 Å². The molecule has 1 saturated carbocycles. The van der Waals surface area contributed by atoms with Crippen molar-refractivity contribution in [1.29, 1.82) is 0 Å². The summed E-state index contributed by atoms with van der Waals surface area (Å²) in [6.07, 6.45) is 5.52. The molecule has 1 heterocycles. The summed E-state index contributed by atoms with van der Waals surface area (Å²) >= 11 is 0. The molecule has 0 aromatic carbocycles. The molecule has 0 bridgehead atoms. The van der Waals surface area contributed by atoms with Crippen LogP contribution in [0.2, 0.25) is 0 Å². The lowest BCUT2D eigenvalue weighted by Gasteiger charge is -2.47. The van der Waals surface area contributed by atoms with Crippen molar-refractivity contribution < 1.29 is 9.47 Å². The Hall–Kier alpha value is -0.120. The zero-order chi connectivity index (χ0) is 18.8. The smallest absolute Gasteiger partial charge is 0.0602 e. The van der Waals surface area contributed by atoms with Gasteiger partial charge in [-0.05, 0) is 98.4 Å². The van der Waals surface area contributed by atoms with Crippen molar-refractivity contribution in [2.45, 2.75) is 104 Å². The van der Waals surface area contributed by atoms with Crippen molar-refractivity contribution in [2.24, 2.45) is 17.8 Å². The van der Waals surface area contributed by atoms with Crippen LogP contribution >= 0.6 is 0 Å². The summed E-state index contributed by atoms with van der Waals surface area (Å²) in [6.45, 7) is 21.3. The highest BCUT2D eigenvalue weighted by Crippen LogP contribution is 2.37. The third kappa shape index (κ3) is 6.84. The van der Waals surface area contributed by atoms with Crippen molar-refractivity contribution in [3.63, 3.8) is 0 Å². The van der Waals surface area contributed by atoms with Gasteiger partial charge in [-0.3, -0.25) is 0 Å². The summed E-state index contributed by atoms with van der Waals surface area (Å²) in [5, 5.41) is 0. The molecular weight excluding hydrogens is 310 g/mol. The molecule has 0 N–H and O–H groups in total. The van der Waals surface area contributed by atoms with Crippen molar-refractivity contribution in [1.82, 2.24) is 4.90 Å². The highest BCUT2D eigenvalue weighted by molar-refractivity contribution is 4.90. The van der Waals surface area contributed by atoms with Crippen LogP contribution in [-0.2, 0) is 9.47 Å². The van der Waals surface area contributed by atoms with E-state index in [-0.39, 0.29) is 11.2 Å². The summed E-state index contributed by atoms with van der Waals surface area (Å²) in [7, 11) is 0. The maximum atomic E-state index is 6.10. The highest BCUT2D eigenvalue weighted by Gasteiger charge is 2.38. The predicted octanol–water partition coefficient (Wildman–Crippen LogP) is 5.13. The van der Waals surface area contributed by atoms with Crippen LogP contribution in [0.1, 0.15) is 81.1 Å². The molecule has 25 heavy (non-hydrogen) atoms. The number of nitrogens with zero attached hydrogens (tertiary/aromatic N) is 1. The Balaban J connectivity index is 1.70.